The van der Waals surface area contributed by atoms with Gasteiger partial charge >= 0.3 is 0 Å². The summed E-state index contributed by atoms with van der Waals surface area (Å²) < 4.78 is 0. The number of carbonyl (C=O) groups excluding carboxylic acids is 1. The SMILES string of the molecule is CCNC(=O)c1sc(N2CCCC(C)(O)CC2)cc1N. The first-order valence-corrected chi connectivity index (χ1v) is 7.89. The highest BCUT2D eigenvalue weighted by Gasteiger charge is 2.26. The van der Waals surface area contributed by atoms with Crippen molar-refractivity contribution in [2.75, 3.05) is 30.3 Å². The molecule has 20 heavy (non-hydrogen) atoms. The molecule has 5 nitrogen and oxygen atoms in total. The standard InChI is InChI=1S/C14H23N3O2S/c1-3-16-13(18)12-10(15)9-11(20-12)17-7-4-5-14(2,19)6-8-17/h9,19H,3-8,15H2,1-2H3,(H,16,18). The van der Waals surface area contributed by atoms with Crippen LogP contribution < -0.4 is 16.0 Å². The second-order valence-corrected chi connectivity index (χ2v) is 6.60. The minimum absolute atomic E-state index is 0.108. The van der Waals surface area contributed by atoms with Crippen molar-refractivity contribution in [3.8, 4) is 0 Å². The van der Waals surface area contributed by atoms with Crippen molar-refractivity contribution in [2.45, 2.75) is 38.7 Å². The van der Waals surface area contributed by atoms with Crippen LogP contribution in [0.3, 0.4) is 0 Å². The minimum Gasteiger partial charge on any atom is -0.397 e. The number of nitrogens with one attached hydrogen (secondary N) is 1. The zero-order chi connectivity index (χ0) is 14.8. The summed E-state index contributed by atoms with van der Waals surface area (Å²) in [6.45, 7) is 6.06. The molecule has 6 heteroatoms. The monoisotopic (exact) mass is 297 g/mol. The number of aliphatic hydroxyl groups is 1. The molecule has 1 fully saturated rings. The first-order chi connectivity index (χ1) is 9.43. The van der Waals surface area contributed by atoms with Crippen LogP contribution in [-0.2, 0) is 0 Å². The smallest absolute Gasteiger partial charge is 0.263 e. The maximum absolute atomic E-state index is 11.9. The fraction of sp³-hybridized carbons (Fsp3) is 0.643. The van der Waals surface area contributed by atoms with Gasteiger partial charge in [-0.15, -0.1) is 11.3 Å². The van der Waals surface area contributed by atoms with Crippen molar-refractivity contribution in [3.63, 3.8) is 0 Å². The van der Waals surface area contributed by atoms with Gasteiger partial charge in [-0.3, -0.25) is 4.79 Å². The van der Waals surface area contributed by atoms with Gasteiger partial charge in [-0.25, -0.2) is 0 Å². The highest BCUT2D eigenvalue weighted by Crippen LogP contribution is 2.34. The summed E-state index contributed by atoms with van der Waals surface area (Å²) in [7, 11) is 0. The van der Waals surface area contributed by atoms with E-state index in [-0.39, 0.29) is 5.91 Å². The third-order valence-electron chi connectivity index (χ3n) is 3.67. The molecule has 0 spiro atoms. The van der Waals surface area contributed by atoms with E-state index in [0.717, 1.165) is 37.4 Å². The first-order valence-electron chi connectivity index (χ1n) is 7.08. The lowest BCUT2D eigenvalue weighted by Gasteiger charge is -2.22. The molecule has 1 aromatic heterocycles. The third-order valence-corrected chi connectivity index (χ3v) is 4.88. The van der Waals surface area contributed by atoms with Crippen molar-refractivity contribution in [3.05, 3.63) is 10.9 Å². The Labute approximate surface area is 123 Å². The number of hydrogen-bond acceptors (Lipinski definition) is 5. The lowest BCUT2D eigenvalue weighted by Crippen LogP contribution is -2.27. The van der Waals surface area contributed by atoms with Gasteiger partial charge in [0.25, 0.3) is 5.91 Å². The van der Waals surface area contributed by atoms with Gasteiger partial charge in [0.2, 0.25) is 0 Å². The van der Waals surface area contributed by atoms with E-state index in [4.69, 9.17) is 5.73 Å². The Balaban J connectivity index is 2.13. The van der Waals surface area contributed by atoms with Crippen molar-refractivity contribution in [2.24, 2.45) is 0 Å². The van der Waals surface area contributed by atoms with Crippen LogP contribution in [0.2, 0.25) is 0 Å². The van der Waals surface area contributed by atoms with Gasteiger partial charge in [0.1, 0.15) is 4.88 Å². The molecule has 1 aliphatic rings. The fourth-order valence-corrected chi connectivity index (χ4v) is 3.50. The van der Waals surface area contributed by atoms with Crippen LogP contribution in [0.5, 0.6) is 0 Å². The van der Waals surface area contributed by atoms with Gasteiger partial charge in [0.05, 0.1) is 16.3 Å². The Morgan fingerprint density at radius 1 is 1.55 bits per heavy atom. The zero-order valence-electron chi connectivity index (χ0n) is 12.1. The molecule has 0 aliphatic carbocycles. The fourth-order valence-electron chi connectivity index (χ4n) is 2.45. The normalized spacial score (nSPS) is 23.4. The molecule has 1 amide bonds. The van der Waals surface area contributed by atoms with Crippen molar-refractivity contribution < 1.29 is 9.90 Å². The van der Waals surface area contributed by atoms with Crippen LogP contribution in [0.25, 0.3) is 0 Å². The zero-order valence-corrected chi connectivity index (χ0v) is 12.9. The van der Waals surface area contributed by atoms with Crippen LogP contribution in [0.1, 0.15) is 42.8 Å². The number of hydrogen-bond donors (Lipinski definition) is 3. The molecule has 1 saturated heterocycles. The average molecular weight is 297 g/mol. The molecule has 2 heterocycles. The molecular weight excluding hydrogens is 274 g/mol. The Morgan fingerprint density at radius 2 is 2.30 bits per heavy atom. The number of anilines is 2. The second kappa shape index (κ2) is 6.01. The van der Waals surface area contributed by atoms with E-state index in [9.17, 15) is 9.90 Å². The Morgan fingerprint density at radius 3 is 3.00 bits per heavy atom. The largest absolute Gasteiger partial charge is 0.397 e. The number of thiophene rings is 1. The van der Waals surface area contributed by atoms with E-state index < -0.39 is 5.60 Å². The molecule has 112 valence electrons. The molecule has 0 radical (unpaired) electrons. The Bertz CT molecular complexity index is 485. The molecule has 1 atom stereocenters. The van der Waals surface area contributed by atoms with Crippen LogP contribution in [0.4, 0.5) is 10.7 Å². The van der Waals surface area contributed by atoms with Crippen LogP contribution in [0.15, 0.2) is 6.07 Å². The van der Waals surface area contributed by atoms with E-state index in [1.54, 1.807) is 0 Å². The number of carbonyl (C=O) groups is 1. The van der Waals surface area contributed by atoms with E-state index in [2.05, 4.69) is 10.2 Å². The van der Waals surface area contributed by atoms with Crippen LogP contribution >= 0.6 is 11.3 Å². The summed E-state index contributed by atoms with van der Waals surface area (Å²) in [4.78, 5) is 14.7. The molecule has 0 aromatic carbocycles. The van der Waals surface area contributed by atoms with Crippen molar-refractivity contribution in [1.29, 1.82) is 0 Å². The molecule has 1 unspecified atom stereocenters. The first kappa shape index (κ1) is 15.1. The summed E-state index contributed by atoms with van der Waals surface area (Å²) in [5, 5.41) is 13.9. The van der Waals surface area contributed by atoms with Crippen molar-refractivity contribution in [1.82, 2.24) is 5.32 Å². The molecule has 0 saturated carbocycles. The maximum atomic E-state index is 11.9. The Kier molecular flexibility index (Phi) is 4.55. The summed E-state index contributed by atoms with van der Waals surface area (Å²) in [5.41, 5.74) is 5.90. The summed E-state index contributed by atoms with van der Waals surface area (Å²) in [6, 6.07) is 1.87. The topological polar surface area (TPSA) is 78.6 Å². The van der Waals surface area contributed by atoms with Gasteiger partial charge in [-0.1, -0.05) is 0 Å². The third kappa shape index (κ3) is 3.43. The minimum atomic E-state index is -0.583. The number of nitrogens with two attached hydrogens (primary N) is 1. The van der Waals surface area contributed by atoms with Gasteiger partial charge in [-0.2, -0.15) is 0 Å². The quantitative estimate of drug-likeness (QED) is 0.795. The van der Waals surface area contributed by atoms with Gasteiger partial charge in [-0.05, 0) is 39.2 Å². The molecule has 2 rings (SSSR count). The summed E-state index contributed by atoms with van der Waals surface area (Å²) in [5.74, 6) is -0.108. The van der Waals surface area contributed by atoms with Crippen LogP contribution in [0, 0.1) is 0 Å². The number of nitrogens with zero attached hydrogens (tertiary/aromatic N) is 1. The van der Waals surface area contributed by atoms with E-state index >= 15 is 0 Å². The molecule has 0 bridgehead atoms. The second-order valence-electron chi connectivity index (χ2n) is 5.57. The van der Waals surface area contributed by atoms with E-state index in [0.29, 0.717) is 17.1 Å². The molecule has 4 N–H and O–H groups in total. The lowest BCUT2D eigenvalue weighted by molar-refractivity contribution is 0.0481. The number of amides is 1. The summed E-state index contributed by atoms with van der Waals surface area (Å²) >= 11 is 1.43. The maximum Gasteiger partial charge on any atom is 0.263 e. The Hall–Kier alpha value is -1.27. The highest BCUT2D eigenvalue weighted by molar-refractivity contribution is 7.18. The highest BCUT2D eigenvalue weighted by atomic mass is 32.1. The summed E-state index contributed by atoms with van der Waals surface area (Å²) in [6.07, 6.45) is 2.50. The predicted molar refractivity (Wildman–Crippen MR) is 83.4 cm³/mol. The predicted octanol–water partition coefficient (Wildman–Crippen LogP) is 1.82. The molecule has 1 aliphatic heterocycles. The van der Waals surface area contributed by atoms with Gasteiger partial charge in [0, 0.05) is 19.6 Å². The number of nitrogen functional groups attached to an aromatic ring is 1. The molecular formula is C14H23N3O2S. The lowest BCUT2D eigenvalue weighted by atomic mass is 9.98. The van der Waals surface area contributed by atoms with Gasteiger partial charge < -0.3 is 21.1 Å². The molecule has 1 aromatic rings. The van der Waals surface area contributed by atoms with Crippen LogP contribution in [-0.4, -0.2) is 36.2 Å². The van der Waals surface area contributed by atoms with E-state index in [1.807, 2.05) is 19.9 Å². The average Bonchev–Trinajstić information content (AvgIpc) is 2.66. The number of rotatable bonds is 3. The van der Waals surface area contributed by atoms with Crippen molar-refractivity contribution >= 4 is 27.9 Å². The van der Waals surface area contributed by atoms with E-state index in [1.165, 1.54) is 11.3 Å². The van der Waals surface area contributed by atoms with Gasteiger partial charge in [0.15, 0.2) is 0 Å².